The molecule has 7 heteroatoms. The molecule has 0 aromatic heterocycles. The van der Waals surface area contributed by atoms with Gasteiger partial charge in [-0.15, -0.1) is 0 Å². The van der Waals surface area contributed by atoms with Gasteiger partial charge in [-0.1, -0.05) is 0 Å². The second-order valence-electron chi connectivity index (χ2n) is 5.95. The van der Waals surface area contributed by atoms with Gasteiger partial charge >= 0.3 is 0 Å². The average Bonchev–Trinajstić information content (AvgIpc) is 3.15. The van der Waals surface area contributed by atoms with Crippen molar-refractivity contribution in [1.82, 2.24) is 9.62 Å². The molecule has 3 rings (SSSR count). The number of nitrogen functional groups attached to an aromatic ring is 1. The molecule has 5 nitrogen and oxygen atoms in total. The van der Waals surface area contributed by atoms with Gasteiger partial charge in [0.15, 0.2) is 0 Å². The van der Waals surface area contributed by atoms with E-state index in [1.807, 2.05) is 0 Å². The summed E-state index contributed by atoms with van der Waals surface area (Å²) >= 11 is 0. The molecule has 2 aliphatic rings. The van der Waals surface area contributed by atoms with Crippen LogP contribution in [0.2, 0.25) is 0 Å². The van der Waals surface area contributed by atoms with Crippen LogP contribution in [-0.2, 0) is 10.0 Å². The van der Waals surface area contributed by atoms with Gasteiger partial charge in [-0.2, -0.15) is 0 Å². The highest BCUT2D eigenvalue weighted by Gasteiger charge is 2.34. The zero-order chi connectivity index (χ0) is 15.0. The first kappa shape index (κ1) is 14.7. The van der Waals surface area contributed by atoms with Gasteiger partial charge in [-0.25, -0.2) is 17.5 Å². The molecule has 1 aromatic rings. The molecule has 3 N–H and O–H groups in total. The van der Waals surface area contributed by atoms with Gasteiger partial charge in [0.2, 0.25) is 10.0 Å². The van der Waals surface area contributed by atoms with Crippen molar-refractivity contribution in [1.29, 1.82) is 0 Å². The van der Waals surface area contributed by atoms with Crippen LogP contribution in [0, 0.1) is 11.7 Å². The Hall–Kier alpha value is -1.18. The van der Waals surface area contributed by atoms with Crippen molar-refractivity contribution in [2.24, 2.45) is 5.92 Å². The SMILES string of the molecule is Nc1cc(F)cc(S(=O)(=O)NCC2CCN(C3CC3)C2)c1. The second kappa shape index (κ2) is 5.55. The molecule has 2 fully saturated rings. The zero-order valence-corrected chi connectivity index (χ0v) is 12.6. The van der Waals surface area contributed by atoms with E-state index in [1.165, 1.54) is 18.9 Å². The first-order valence-corrected chi connectivity index (χ1v) is 8.72. The molecule has 1 aliphatic heterocycles. The summed E-state index contributed by atoms with van der Waals surface area (Å²) in [6.07, 6.45) is 3.53. The van der Waals surface area contributed by atoms with Crippen LogP contribution in [0.1, 0.15) is 19.3 Å². The van der Waals surface area contributed by atoms with E-state index in [9.17, 15) is 12.8 Å². The molecule has 0 bridgehead atoms. The third-order valence-corrected chi connectivity index (χ3v) is 5.55. The van der Waals surface area contributed by atoms with Crippen LogP contribution in [-0.4, -0.2) is 39.0 Å². The van der Waals surface area contributed by atoms with Crippen molar-refractivity contribution < 1.29 is 12.8 Å². The number of nitrogens with two attached hydrogens (primary N) is 1. The summed E-state index contributed by atoms with van der Waals surface area (Å²) in [5.41, 5.74) is 5.60. The van der Waals surface area contributed by atoms with Crippen LogP contribution in [0.5, 0.6) is 0 Å². The molecule has 1 aliphatic carbocycles. The van der Waals surface area contributed by atoms with Gasteiger partial charge in [0.05, 0.1) is 4.90 Å². The fourth-order valence-corrected chi connectivity index (χ4v) is 4.03. The Labute approximate surface area is 124 Å². The average molecular weight is 313 g/mol. The maximum Gasteiger partial charge on any atom is 0.240 e. The Morgan fingerprint density at radius 2 is 2.05 bits per heavy atom. The summed E-state index contributed by atoms with van der Waals surface area (Å²) < 4.78 is 40.2. The zero-order valence-electron chi connectivity index (χ0n) is 11.8. The van der Waals surface area contributed by atoms with Crippen LogP contribution in [0.25, 0.3) is 0 Å². The number of benzene rings is 1. The molecule has 1 heterocycles. The Bertz CT molecular complexity index is 611. The summed E-state index contributed by atoms with van der Waals surface area (Å²) in [5, 5.41) is 0. The summed E-state index contributed by atoms with van der Waals surface area (Å²) in [5.74, 6) is -0.317. The molecule has 21 heavy (non-hydrogen) atoms. The van der Waals surface area contributed by atoms with Gasteiger partial charge in [0.1, 0.15) is 5.82 Å². The molecular weight excluding hydrogens is 293 g/mol. The molecule has 0 radical (unpaired) electrons. The molecule has 0 spiro atoms. The third-order valence-electron chi connectivity index (χ3n) is 4.15. The first-order valence-electron chi connectivity index (χ1n) is 7.24. The van der Waals surface area contributed by atoms with E-state index < -0.39 is 15.8 Å². The predicted molar refractivity (Wildman–Crippen MR) is 78.7 cm³/mol. The summed E-state index contributed by atoms with van der Waals surface area (Å²) in [6, 6.07) is 4.08. The maximum atomic E-state index is 13.3. The van der Waals surface area contributed by atoms with E-state index in [0.717, 1.165) is 37.7 Å². The van der Waals surface area contributed by atoms with Crippen LogP contribution in [0.3, 0.4) is 0 Å². The molecule has 1 aromatic carbocycles. The highest BCUT2D eigenvalue weighted by Crippen LogP contribution is 2.31. The monoisotopic (exact) mass is 313 g/mol. The lowest BCUT2D eigenvalue weighted by atomic mass is 10.1. The number of nitrogens with zero attached hydrogens (tertiary/aromatic N) is 1. The number of nitrogens with one attached hydrogen (secondary N) is 1. The van der Waals surface area contributed by atoms with E-state index in [-0.39, 0.29) is 10.6 Å². The highest BCUT2D eigenvalue weighted by molar-refractivity contribution is 7.89. The lowest BCUT2D eigenvalue weighted by Gasteiger charge is -2.15. The fourth-order valence-electron chi connectivity index (χ4n) is 2.85. The fraction of sp³-hybridized carbons (Fsp3) is 0.571. The molecular formula is C14H20FN3O2S. The van der Waals surface area contributed by atoms with Crippen LogP contribution in [0.4, 0.5) is 10.1 Å². The van der Waals surface area contributed by atoms with E-state index in [2.05, 4.69) is 9.62 Å². The van der Waals surface area contributed by atoms with Gasteiger partial charge < -0.3 is 10.6 Å². The normalized spacial score (nSPS) is 23.6. The van der Waals surface area contributed by atoms with Crippen molar-refractivity contribution in [2.75, 3.05) is 25.4 Å². The molecule has 1 atom stereocenters. The Balaban J connectivity index is 1.61. The number of hydrogen-bond donors (Lipinski definition) is 2. The van der Waals surface area contributed by atoms with E-state index in [1.54, 1.807) is 0 Å². The summed E-state index contributed by atoms with van der Waals surface area (Å²) in [6.45, 7) is 2.38. The summed E-state index contributed by atoms with van der Waals surface area (Å²) in [4.78, 5) is 2.32. The molecule has 116 valence electrons. The van der Waals surface area contributed by atoms with Crippen LogP contribution < -0.4 is 10.5 Å². The Kier molecular flexibility index (Phi) is 3.90. The smallest absolute Gasteiger partial charge is 0.240 e. The van der Waals surface area contributed by atoms with E-state index in [0.29, 0.717) is 12.5 Å². The predicted octanol–water partition coefficient (Wildman–Crippen LogP) is 1.17. The Morgan fingerprint density at radius 3 is 2.71 bits per heavy atom. The lowest BCUT2D eigenvalue weighted by Crippen LogP contribution is -2.31. The van der Waals surface area contributed by atoms with E-state index in [4.69, 9.17) is 5.73 Å². The van der Waals surface area contributed by atoms with Gasteiger partial charge in [-0.05, 0) is 49.9 Å². The lowest BCUT2D eigenvalue weighted by molar-refractivity contribution is 0.314. The minimum Gasteiger partial charge on any atom is -0.399 e. The number of likely N-dealkylation sites (tertiary alicyclic amines) is 1. The van der Waals surface area contributed by atoms with Crippen molar-refractivity contribution in [2.45, 2.75) is 30.2 Å². The number of anilines is 1. The topological polar surface area (TPSA) is 75.4 Å². The maximum absolute atomic E-state index is 13.3. The number of rotatable bonds is 5. The van der Waals surface area contributed by atoms with Crippen molar-refractivity contribution in [3.05, 3.63) is 24.0 Å². The quantitative estimate of drug-likeness (QED) is 0.800. The highest BCUT2D eigenvalue weighted by atomic mass is 32.2. The standard InChI is InChI=1S/C14H20FN3O2S/c15-11-5-12(16)7-14(6-11)21(19,20)17-8-10-3-4-18(9-10)13-1-2-13/h5-7,10,13,17H,1-4,8-9,16H2. The first-order chi connectivity index (χ1) is 9.94. The Morgan fingerprint density at radius 1 is 1.29 bits per heavy atom. The third kappa shape index (κ3) is 3.53. The summed E-state index contributed by atoms with van der Waals surface area (Å²) in [7, 11) is -3.70. The molecule has 0 amide bonds. The van der Waals surface area contributed by atoms with Crippen LogP contribution in [0.15, 0.2) is 23.1 Å². The molecule has 1 saturated carbocycles. The molecule has 1 unspecified atom stereocenters. The largest absolute Gasteiger partial charge is 0.399 e. The number of halogens is 1. The number of sulfonamides is 1. The number of hydrogen-bond acceptors (Lipinski definition) is 4. The van der Waals surface area contributed by atoms with Gasteiger partial charge in [0.25, 0.3) is 0 Å². The minimum atomic E-state index is -3.70. The molecule has 1 saturated heterocycles. The van der Waals surface area contributed by atoms with Crippen LogP contribution >= 0.6 is 0 Å². The van der Waals surface area contributed by atoms with Crippen molar-refractivity contribution in [3.8, 4) is 0 Å². The van der Waals surface area contributed by atoms with Crippen molar-refractivity contribution in [3.63, 3.8) is 0 Å². The van der Waals surface area contributed by atoms with Gasteiger partial charge in [-0.3, -0.25) is 0 Å². The van der Waals surface area contributed by atoms with Gasteiger partial charge in [0, 0.05) is 24.8 Å². The van der Waals surface area contributed by atoms with Crippen molar-refractivity contribution >= 4 is 15.7 Å². The van der Waals surface area contributed by atoms with E-state index >= 15 is 0 Å². The second-order valence-corrected chi connectivity index (χ2v) is 7.72. The minimum absolute atomic E-state index is 0.108.